The van der Waals surface area contributed by atoms with E-state index in [1.165, 1.54) is 0 Å². The molecule has 2 heterocycles. The number of benzene rings is 2. The molecule has 1 fully saturated rings. The zero-order chi connectivity index (χ0) is 18.8. The zero-order valence-corrected chi connectivity index (χ0v) is 14.9. The highest BCUT2D eigenvalue weighted by Gasteiger charge is 2.35. The Labute approximate surface area is 156 Å². The summed E-state index contributed by atoms with van der Waals surface area (Å²) in [7, 11) is 1.58. The Morgan fingerprint density at radius 2 is 2.04 bits per heavy atom. The molecule has 0 spiro atoms. The Bertz CT molecular complexity index is 1010. The summed E-state index contributed by atoms with van der Waals surface area (Å²) < 4.78 is 5.22. The lowest BCUT2D eigenvalue weighted by Crippen LogP contribution is -2.28. The lowest BCUT2D eigenvalue weighted by molar-refractivity contribution is -0.122. The SMILES string of the molecule is COc1cccc(N2CC(C(=O)Nc3cccc4ncccc34)CC2=O)c1. The van der Waals surface area contributed by atoms with E-state index in [0.717, 1.165) is 16.6 Å². The predicted molar refractivity (Wildman–Crippen MR) is 104 cm³/mol. The molecule has 2 amide bonds. The lowest BCUT2D eigenvalue weighted by atomic mass is 10.1. The molecular weight excluding hydrogens is 342 g/mol. The summed E-state index contributed by atoms with van der Waals surface area (Å²) in [6.45, 7) is 0.348. The van der Waals surface area contributed by atoms with Gasteiger partial charge in [0.25, 0.3) is 0 Å². The number of nitrogens with one attached hydrogen (secondary N) is 1. The Morgan fingerprint density at radius 3 is 2.89 bits per heavy atom. The number of nitrogens with zero attached hydrogens (tertiary/aromatic N) is 2. The topological polar surface area (TPSA) is 71.5 Å². The standard InChI is InChI=1S/C21H19N3O3/c1-27-16-6-2-5-15(12-16)24-13-14(11-20(24)25)21(26)23-19-9-3-8-18-17(19)7-4-10-22-18/h2-10,12,14H,11,13H2,1H3,(H,23,26). The second-order valence-electron chi connectivity index (χ2n) is 6.47. The number of carbonyl (C=O) groups is 2. The van der Waals surface area contributed by atoms with Crippen LogP contribution in [-0.4, -0.2) is 30.5 Å². The fraction of sp³-hybridized carbons (Fsp3) is 0.190. The fourth-order valence-electron chi connectivity index (χ4n) is 3.36. The monoisotopic (exact) mass is 361 g/mol. The van der Waals surface area contributed by atoms with Gasteiger partial charge in [-0.15, -0.1) is 0 Å². The smallest absolute Gasteiger partial charge is 0.229 e. The molecule has 6 nitrogen and oxygen atoms in total. The zero-order valence-electron chi connectivity index (χ0n) is 14.9. The van der Waals surface area contributed by atoms with Crippen LogP contribution in [0.5, 0.6) is 5.75 Å². The molecule has 0 saturated carbocycles. The van der Waals surface area contributed by atoms with Crippen LogP contribution in [0.25, 0.3) is 10.9 Å². The minimum absolute atomic E-state index is 0.0667. The maximum absolute atomic E-state index is 12.8. The Balaban J connectivity index is 1.52. The van der Waals surface area contributed by atoms with E-state index in [0.29, 0.717) is 18.0 Å². The van der Waals surface area contributed by atoms with E-state index < -0.39 is 5.92 Å². The van der Waals surface area contributed by atoms with Gasteiger partial charge in [0.1, 0.15) is 5.75 Å². The van der Waals surface area contributed by atoms with Gasteiger partial charge in [0.15, 0.2) is 0 Å². The molecule has 27 heavy (non-hydrogen) atoms. The van der Waals surface area contributed by atoms with Crippen molar-refractivity contribution in [1.29, 1.82) is 0 Å². The van der Waals surface area contributed by atoms with Gasteiger partial charge in [0, 0.05) is 36.3 Å². The maximum Gasteiger partial charge on any atom is 0.229 e. The number of aromatic nitrogens is 1. The van der Waals surface area contributed by atoms with Crippen LogP contribution in [0.2, 0.25) is 0 Å². The third kappa shape index (κ3) is 3.33. The Kier molecular flexibility index (Phi) is 4.46. The highest BCUT2D eigenvalue weighted by molar-refractivity contribution is 6.06. The first kappa shape index (κ1) is 17.0. The van der Waals surface area contributed by atoms with E-state index in [1.54, 1.807) is 24.3 Å². The predicted octanol–water partition coefficient (Wildman–Crippen LogP) is 3.24. The van der Waals surface area contributed by atoms with Gasteiger partial charge in [-0.25, -0.2) is 0 Å². The van der Waals surface area contributed by atoms with Gasteiger partial charge in [0.2, 0.25) is 11.8 Å². The van der Waals surface area contributed by atoms with Crippen LogP contribution in [0.3, 0.4) is 0 Å². The summed E-state index contributed by atoms with van der Waals surface area (Å²) in [5, 5.41) is 3.84. The molecule has 1 aliphatic heterocycles. The molecule has 1 aliphatic rings. The third-order valence-electron chi connectivity index (χ3n) is 4.76. The van der Waals surface area contributed by atoms with Crippen LogP contribution >= 0.6 is 0 Å². The van der Waals surface area contributed by atoms with Crippen molar-refractivity contribution >= 4 is 34.1 Å². The summed E-state index contributed by atoms with van der Waals surface area (Å²) in [4.78, 5) is 31.2. The number of hydrogen-bond donors (Lipinski definition) is 1. The molecule has 1 aromatic heterocycles. The number of hydrogen-bond acceptors (Lipinski definition) is 4. The van der Waals surface area contributed by atoms with Crippen LogP contribution in [0.15, 0.2) is 60.8 Å². The van der Waals surface area contributed by atoms with Crippen molar-refractivity contribution in [1.82, 2.24) is 4.98 Å². The van der Waals surface area contributed by atoms with Crippen LogP contribution in [0, 0.1) is 5.92 Å². The van der Waals surface area contributed by atoms with E-state index in [1.807, 2.05) is 48.5 Å². The molecule has 3 aromatic rings. The summed E-state index contributed by atoms with van der Waals surface area (Å²) in [5.74, 6) is 0.0418. The second kappa shape index (κ2) is 7.07. The lowest BCUT2D eigenvalue weighted by Gasteiger charge is -2.17. The van der Waals surface area contributed by atoms with Crippen molar-refractivity contribution < 1.29 is 14.3 Å². The summed E-state index contributed by atoms with van der Waals surface area (Å²) in [6, 6.07) is 16.6. The summed E-state index contributed by atoms with van der Waals surface area (Å²) >= 11 is 0. The Morgan fingerprint density at radius 1 is 1.19 bits per heavy atom. The summed E-state index contributed by atoms with van der Waals surface area (Å²) in [6.07, 6.45) is 1.90. The van der Waals surface area contributed by atoms with Gasteiger partial charge in [-0.05, 0) is 36.4 Å². The van der Waals surface area contributed by atoms with Crippen molar-refractivity contribution in [2.24, 2.45) is 5.92 Å². The number of amides is 2. The van der Waals surface area contributed by atoms with E-state index >= 15 is 0 Å². The minimum Gasteiger partial charge on any atom is -0.497 e. The fourth-order valence-corrected chi connectivity index (χ4v) is 3.36. The molecule has 0 radical (unpaired) electrons. The van der Waals surface area contributed by atoms with Crippen molar-refractivity contribution in [3.8, 4) is 5.75 Å². The molecular formula is C21H19N3O3. The molecule has 4 rings (SSSR count). The first-order valence-corrected chi connectivity index (χ1v) is 8.75. The van der Waals surface area contributed by atoms with Gasteiger partial charge in [-0.2, -0.15) is 0 Å². The molecule has 1 N–H and O–H groups in total. The first-order valence-electron chi connectivity index (χ1n) is 8.75. The second-order valence-corrected chi connectivity index (χ2v) is 6.47. The molecule has 1 unspecified atom stereocenters. The molecule has 0 aliphatic carbocycles. The number of ether oxygens (including phenoxy) is 1. The first-order chi connectivity index (χ1) is 13.2. The number of carbonyl (C=O) groups excluding carboxylic acids is 2. The van der Waals surface area contributed by atoms with E-state index in [-0.39, 0.29) is 18.2 Å². The van der Waals surface area contributed by atoms with Crippen molar-refractivity contribution in [2.75, 3.05) is 23.9 Å². The molecule has 0 bridgehead atoms. The number of fused-ring (bicyclic) bond motifs is 1. The van der Waals surface area contributed by atoms with Crippen LogP contribution in [-0.2, 0) is 9.59 Å². The average molecular weight is 361 g/mol. The van der Waals surface area contributed by atoms with E-state index in [4.69, 9.17) is 4.74 Å². The highest BCUT2D eigenvalue weighted by Crippen LogP contribution is 2.29. The van der Waals surface area contributed by atoms with E-state index in [9.17, 15) is 9.59 Å². The van der Waals surface area contributed by atoms with Crippen LogP contribution in [0.1, 0.15) is 6.42 Å². The number of pyridine rings is 1. The number of methoxy groups -OCH3 is 1. The summed E-state index contributed by atoms with van der Waals surface area (Å²) in [5.41, 5.74) is 2.26. The number of anilines is 2. The van der Waals surface area contributed by atoms with Gasteiger partial charge < -0.3 is 15.0 Å². The van der Waals surface area contributed by atoms with Crippen molar-refractivity contribution in [2.45, 2.75) is 6.42 Å². The largest absolute Gasteiger partial charge is 0.497 e. The van der Waals surface area contributed by atoms with Gasteiger partial charge >= 0.3 is 0 Å². The third-order valence-corrected chi connectivity index (χ3v) is 4.76. The van der Waals surface area contributed by atoms with Gasteiger partial charge in [-0.3, -0.25) is 14.6 Å². The Hall–Kier alpha value is -3.41. The van der Waals surface area contributed by atoms with E-state index in [2.05, 4.69) is 10.3 Å². The van der Waals surface area contributed by atoms with Crippen molar-refractivity contribution in [3.63, 3.8) is 0 Å². The molecule has 2 aromatic carbocycles. The molecule has 136 valence electrons. The van der Waals surface area contributed by atoms with Crippen molar-refractivity contribution in [3.05, 3.63) is 60.8 Å². The number of rotatable bonds is 4. The van der Waals surface area contributed by atoms with Crippen LogP contribution in [0.4, 0.5) is 11.4 Å². The maximum atomic E-state index is 12.8. The normalized spacial score (nSPS) is 16.6. The molecule has 1 saturated heterocycles. The molecule has 1 atom stereocenters. The average Bonchev–Trinajstić information content (AvgIpc) is 3.10. The quantitative estimate of drug-likeness (QED) is 0.774. The molecule has 6 heteroatoms. The van der Waals surface area contributed by atoms with Gasteiger partial charge in [-0.1, -0.05) is 12.1 Å². The van der Waals surface area contributed by atoms with Gasteiger partial charge in [0.05, 0.1) is 24.2 Å². The minimum atomic E-state index is -0.407. The highest BCUT2D eigenvalue weighted by atomic mass is 16.5. The van der Waals surface area contributed by atoms with Crippen LogP contribution < -0.4 is 15.0 Å².